The van der Waals surface area contributed by atoms with Crippen LogP contribution in [0.25, 0.3) is 0 Å². The maximum absolute atomic E-state index is 14.0. The van der Waals surface area contributed by atoms with Gasteiger partial charge in [-0.3, -0.25) is 0 Å². The normalized spacial score (nSPS) is 14.8. The second-order valence-electron chi connectivity index (χ2n) is 4.94. The highest BCUT2D eigenvalue weighted by Gasteiger charge is 2.21. The van der Waals surface area contributed by atoms with Gasteiger partial charge in [-0.25, -0.2) is 14.4 Å². The van der Waals surface area contributed by atoms with Gasteiger partial charge in [0.15, 0.2) is 11.6 Å². The molecule has 2 aromatic rings. The fourth-order valence-corrected chi connectivity index (χ4v) is 2.80. The zero-order chi connectivity index (χ0) is 15.5. The lowest BCUT2D eigenvalue weighted by Crippen LogP contribution is -2.47. The lowest BCUT2D eigenvalue weighted by atomic mass is 10.2. The Bertz CT molecular complexity index is 722. The molecule has 0 saturated carbocycles. The maximum atomic E-state index is 14.0. The predicted octanol–water partition coefficient (Wildman–Crippen LogP) is 2.58. The number of halogens is 2. The number of nitriles is 1. The number of nitrogens with zero attached hydrogens (tertiary/aromatic N) is 5. The summed E-state index contributed by atoms with van der Waals surface area (Å²) in [6.45, 7) is 2.84. The zero-order valence-corrected chi connectivity index (χ0v) is 13.3. The molecule has 3 heterocycles. The van der Waals surface area contributed by atoms with Gasteiger partial charge in [-0.15, -0.1) is 0 Å². The van der Waals surface area contributed by atoms with Crippen molar-refractivity contribution in [3.05, 3.63) is 46.6 Å². The molecular formula is C15H13BrFN5. The highest BCUT2D eigenvalue weighted by molar-refractivity contribution is 9.10. The average Bonchev–Trinajstić information content (AvgIpc) is 2.55. The number of aromatic nitrogens is 2. The van der Waals surface area contributed by atoms with Crippen molar-refractivity contribution in [2.75, 3.05) is 36.0 Å². The van der Waals surface area contributed by atoms with Gasteiger partial charge < -0.3 is 9.80 Å². The first-order valence-corrected chi connectivity index (χ1v) is 7.64. The molecule has 0 bridgehead atoms. The molecule has 1 aliphatic rings. The highest BCUT2D eigenvalue weighted by Crippen LogP contribution is 2.23. The zero-order valence-electron chi connectivity index (χ0n) is 11.7. The molecule has 0 aliphatic carbocycles. The van der Waals surface area contributed by atoms with Gasteiger partial charge in [0.2, 0.25) is 0 Å². The molecule has 1 saturated heterocycles. The summed E-state index contributed by atoms with van der Waals surface area (Å²) in [7, 11) is 0. The number of hydrogen-bond donors (Lipinski definition) is 0. The highest BCUT2D eigenvalue weighted by atomic mass is 79.9. The smallest absolute Gasteiger partial charge is 0.166 e. The van der Waals surface area contributed by atoms with Crippen molar-refractivity contribution >= 4 is 27.4 Å². The number of pyridine rings is 2. The van der Waals surface area contributed by atoms with E-state index >= 15 is 0 Å². The molecule has 5 nitrogen and oxygen atoms in total. The summed E-state index contributed by atoms with van der Waals surface area (Å²) in [5.41, 5.74) is 1.37. The van der Waals surface area contributed by atoms with E-state index in [1.165, 1.54) is 6.07 Å². The number of rotatable bonds is 2. The number of hydrogen-bond acceptors (Lipinski definition) is 5. The third-order valence-electron chi connectivity index (χ3n) is 3.59. The second-order valence-corrected chi connectivity index (χ2v) is 5.86. The van der Waals surface area contributed by atoms with Crippen LogP contribution in [0, 0.1) is 17.1 Å². The van der Waals surface area contributed by atoms with Crippen molar-refractivity contribution in [1.29, 1.82) is 5.26 Å². The largest absolute Gasteiger partial charge is 0.368 e. The standard InChI is InChI=1S/C15H13BrFN5/c16-11-7-14(17)15(20-10-11)22-5-3-21(4-6-22)13-1-2-19-12(8-13)9-18/h1-2,7-8,10H,3-6H2. The van der Waals surface area contributed by atoms with Crippen LogP contribution in [0.4, 0.5) is 15.9 Å². The van der Waals surface area contributed by atoms with E-state index in [-0.39, 0.29) is 5.82 Å². The van der Waals surface area contributed by atoms with Crippen molar-refractivity contribution in [1.82, 2.24) is 9.97 Å². The van der Waals surface area contributed by atoms with Crippen LogP contribution in [0.5, 0.6) is 0 Å². The van der Waals surface area contributed by atoms with E-state index in [0.29, 0.717) is 29.1 Å². The first-order valence-electron chi connectivity index (χ1n) is 6.84. The van der Waals surface area contributed by atoms with Gasteiger partial charge in [0.1, 0.15) is 11.8 Å². The van der Waals surface area contributed by atoms with Crippen LogP contribution in [-0.4, -0.2) is 36.1 Å². The SMILES string of the molecule is N#Cc1cc(N2CCN(c3ncc(Br)cc3F)CC2)ccn1. The summed E-state index contributed by atoms with van der Waals surface area (Å²) in [5, 5.41) is 8.91. The molecule has 0 aromatic carbocycles. The molecular weight excluding hydrogens is 349 g/mol. The van der Waals surface area contributed by atoms with Crippen molar-refractivity contribution in [3.8, 4) is 6.07 Å². The molecule has 22 heavy (non-hydrogen) atoms. The Balaban J connectivity index is 1.71. The topological polar surface area (TPSA) is 56.1 Å². The predicted molar refractivity (Wildman–Crippen MR) is 85.3 cm³/mol. The molecule has 0 amide bonds. The molecule has 0 radical (unpaired) electrons. The Labute approximate surface area is 136 Å². The number of piperazine rings is 1. The molecule has 0 atom stereocenters. The van der Waals surface area contributed by atoms with Crippen molar-refractivity contribution in [2.24, 2.45) is 0 Å². The van der Waals surface area contributed by atoms with E-state index in [1.807, 2.05) is 17.0 Å². The van der Waals surface area contributed by atoms with Crippen LogP contribution in [0.3, 0.4) is 0 Å². The Morgan fingerprint density at radius 2 is 1.86 bits per heavy atom. The van der Waals surface area contributed by atoms with Gasteiger partial charge in [-0.2, -0.15) is 5.26 Å². The van der Waals surface area contributed by atoms with Crippen molar-refractivity contribution < 1.29 is 4.39 Å². The summed E-state index contributed by atoms with van der Waals surface area (Å²) in [5.74, 6) is 0.0637. The third-order valence-corrected chi connectivity index (χ3v) is 4.02. The molecule has 0 spiro atoms. The van der Waals surface area contributed by atoms with Crippen LogP contribution in [0.1, 0.15) is 5.69 Å². The Morgan fingerprint density at radius 3 is 2.55 bits per heavy atom. The molecule has 2 aromatic heterocycles. The van der Waals surface area contributed by atoms with E-state index in [2.05, 4.69) is 30.8 Å². The van der Waals surface area contributed by atoms with Gasteiger partial charge in [-0.05, 0) is 34.1 Å². The van der Waals surface area contributed by atoms with Crippen LogP contribution < -0.4 is 9.80 Å². The molecule has 1 aliphatic heterocycles. The van der Waals surface area contributed by atoms with Crippen LogP contribution >= 0.6 is 15.9 Å². The molecule has 112 valence electrons. The lowest BCUT2D eigenvalue weighted by Gasteiger charge is -2.36. The fraction of sp³-hybridized carbons (Fsp3) is 0.267. The third kappa shape index (κ3) is 3.02. The lowest BCUT2D eigenvalue weighted by molar-refractivity contribution is 0.587. The minimum atomic E-state index is -0.321. The van der Waals surface area contributed by atoms with Gasteiger partial charge in [-0.1, -0.05) is 0 Å². The van der Waals surface area contributed by atoms with E-state index in [4.69, 9.17) is 5.26 Å². The average molecular weight is 362 g/mol. The molecule has 0 unspecified atom stereocenters. The molecule has 0 N–H and O–H groups in total. The van der Waals surface area contributed by atoms with Gasteiger partial charge in [0.05, 0.1) is 0 Å². The molecule has 1 fully saturated rings. The van der Waals surface area contributed by atoms with Crippen molar-refractivity contribution in [2.45, 2.75) is 0 Å². The minimum absolute atomic E-state index is 0.321. The van der Waals surface area contributed by atoms with E-state index < -0.39 is 0 Å². The van der Waals surface area contributed by atoms with Crippen LogP contribution in [0.2, 0.25) is 0 Å². The Kier molecular flexibility index (Phi) is 4.20. The van der Waals surface area contributed by atoms with Crippen molar-refractivity contribution in [3.63, 3.8) is 0 Å². The summed E-state index contributed by atoms with van der Waals surface area (Å²) in [6, 6.07) is 7.12. The first-order chi connectivity index (χ1) is 10.7. The Hall–Kier alpha value is -2.20. The summed E-state index contributed by atoms with van der Waals surface area (Å²) >= 11 is 3.21. The second kappa shape index (κ2) is 6.28. The summed E-state index contributed by atoms with van der Waals surface area (Å²) < 4.78 is 14.6. The van der Waals surface area contributed by atoms with Gasteiger partial charge >= 0.3 is 0 Å². The summed E-state index contributed by atoms with van der Waals surface area (Å²) in [6.07, 6.45) is 3.24. The fourth-order valence-electron chi connectivity index (χ4n) is 2.49. The van der Waals surface area contributed by atoms with Gasteiger partial charge in [0, 0.05) is 48.7 Å². The first kappa shape index (κ1) is 14.7. The summed E-state index contributed by atoms with van der Waals surface area (Å²) in [4.78, 5) is 12.2. The monoisotopic (exact) mass is 361 g/mol. The Morgan fingerprint density at radius 1 is 1.14 bits per heavy atom. The minimum Gasteiger partial charge on any atom is -0.368 e. The van der Waals surface area contributed by atoms with Gasteiger partial charge in [0.25, 0.3) is 0 Å². The van der Waals surface area contributed by atoms with E-state index in [0.717, 1.165) is 18.8 Å². The van der Waals surface area contributed by atoms with E-state index in [9.17, 15) is 4.39 Å². The van der Waals surface area contributed by atoms with Crippen LogP contribution in [0.15, 0.2) is 35.1 Å². The molecule has 3 rings (SSSR count). The maximum Gasteiger partial charge on any atom is 0.166 e. The quantitative estimate of drug-likeness (QED) is 0.822. The molecule has 7 heteroatoms. The van der Waals surface area contributed by atoms with Crippen LogP contribution in [-0.2, 0) is 0 Å². The van der Waals surface area contributed by atoms with E-state index in [1.54, 1.807) is 18.5 Å². The number of anilines is 2.